The highest BCUT2D eigenvalue weighted by Crippen LogP contribution is 2.46. The Morgan fingerprint density at radius 2 is 2.12 bits per heavy atom. The van der Waals surface area contributed by atoms with E-state index < -0.39 is 9.73 Å². The molecule has 0 radical (unpaired) electrons. The van der Waals surface area contributed by atoms with Crippen molar-refractivity contribution >= 4 is 50.6 Å². The van der Waals surface area contributed by atoms with Gasteiger partial charge in [-0.15, -0.1) is 11.8 Å². The van der Waals surface area contributed by atoms with Crippen LogP contribution in [0.1, 0.15) is 22.6 Å². The number of thioether (sulfide) groups is 1. The minimum absolute atomic E-state index is 0.286. The Labute approximate surface area is 203 Å². The summed E-state index contributed by atoms with van der Waals surface area (Å²) in [5.41, 5.74) is 4.03. The largest absolute Gasteiger partial charge is 0.324 e. The normalized spacial score (nSPS) is 17.1. The second kappa shape index (κ2) is 8.87. The summed E-state index contributed by atoms with van der Waals surface area (Å²) in [5, 5.41) is 15.9. The Kier molecular flexibility index (Phi) is 5.89. The van der Waals surface area contributed by atoms with Crippen LogP contribution in [0.15, 0.2) is 45.8 Å². The smallest absolute Gasteiger partial charge is 0.229 e. The van der Waals surface area contributed by atoms with Gasteiger partial charge in [-0.05, 0) is 42.4 Å². The highest BCUT2D eigenvalue weighted by atomic mass is 32.2. The molecule has 0 fully saturated rings. The third-order valence-electron chi connectivity index (χ3n) is 5.51. The fraction of sp³-hybridized carbons (Fsp3) is 0.304. The maximum absolute atomic E-state index is 12.0. The highest BCUT2D eigenvalue weighted by molar-refractivity contribution is 7.99. The van der Waals surface area contributed by atoms with Crippen LogP contribution in [0.2, 0.25) is 0 Å². The van der Waals surface area contributed by atoms with Crippen molar-refractivity contribution in [1.29, 1.82) is 5.26 Å². The van der Waals surface area contributed by atoms with Crippen molar-refractivity contribution in [2.24, 2.45) is 4.36 Å². The molecule has 1 atom stereocenters. The summed E-state index contributed by atoms with van der Waals surface area (Å²) in [5.74, 6) is 3.20. The summed E-state index contributed by atoms with van der Waals surface area (Å²) >= 11 is 1.90. The zero-order valence-corrected chi connectivity index (χ0v) is 20.7. The fourth-order valence-electron chi connectivity index (χ4n) is 4.26. The molecule has 174 valence electrons. The van der Waals surface area contributed by atoms with E-state index in [0.29, 0.717) is 29.3 Å². The standard InChI is InChI=1S/C23H24N8OS2/c1-31-11-14-7-17(8-18-21(14)16(12-31)13-33-18)26-23-25-10-15(9-24)22(29-23)28-19-5-4-6-20(27-19)30-34(2,3)32/h4-8,10,16H,11-13H2,1-3H3,(H2,25,26,27,28,29). The first kappa shape index (κ1) is 22.6. The summed E-state index contributed by atoms with van der Waals surface area (Å²) in [6, 6.07) is 11.6. The third-order valence-corrected chi connectivity index (χ3v) is 7.35. The van der Waals surface area contributed by atoms with Crippen molar-refractivity contribution in [1.82, 2.24) is 19.9 Å². The number of hydrogen-bond acceptors (Lipinski definition) is 10. The number of likely N-dealkylation sites (N-methyl/N-ethyl adjacent to an activating group) is 1. The van der Waals surface area contributed by atoms with Crippen molar-refractivity contribution < 1.29 is 4.21 Å². The van der Waals surface area contributed by atoms with Gasteiger partial charge in [0.15, 0.2) is 11.6 Å². The first-order valence-corrected chi connectivity index (χ1v) is 14.0. The molecule has 11 heteroatoms. The molecule has 2 aliphatic heterocycles. The number of benzene rings is 1. The van der Waals surface area contributed by atoms with E-state index in [1.807, 2.05) is 11.8 Å². The lowest BCUT2D eigenvalue weighted by molar-refractivity contribution is 0.290. The molecule has 0 amide bonds. The molecule has 5 rings (SSSR count). The SMILES string of the molecule is CN1Cc2cc(Nc3ncc(C#N)c(Nc4cccc(N=S(C)(C)=O)n4)n3)cc3c2C(CS3)C1. The molecule has 3 aromatic rings. The Balaban J connectivity index is 1.43. The third kappa shape index (κ3) is 4.84. The molecule has 2 aromatic heterocycles. The van der Waals surface area contributed by atoms with Crippen LogP contribution < -0.4 is 10.6 Å². The fourth-order valence-corrected chi connectivity index (χ4v) is 6.13. The van der Waals surface area contributed by atoms with Crippen molar-refractivity contribution in [3.8, 4) is 6.07 Å². The van der Waals surface area contributed by atoms with E-state index >= 15 is 0 Å². The van der Waals surface area contributed by atoms with Gasteiger partial charge in [0.25, 0.3) is 0 Å². The van der Waals surface area contributed by atoms with Crippen LogP contribution in [-0.2, 0) is 16.3 Å². The van der Waals surface area contributed by atoms with E-state index in [1.165, 1.54) is 22.2 Å². The number of nitriles is 1. The van der Waals surface area contributed by atoms with Crippen molar-refractivity contribution in [3.05, 3.63) is 53.2 Å². The van der Waals surface area contributed by atoms with E-state index in [9.17, 15) is 9.47 Å². The highest BCUT2D eigenvalue weighted by Gasteiger charge is 2.31. The van der Waals surface area contributed by atoms with Crippen molar-refractivity contribution in [3.63, 3.8) is 0 Å². The Morgan fingerprint density at radius 3 is 2.91 bits per heavy atom. The average molecular weight is 493 g/mol. The number of nitrogens with one attached hydrogen (secondary N) is 2. The number of anilines is 4. The Hall–Kier alpha value is -3.20. The van der Waals surface area contributed by atoms with Crippen LogP contribution in [0.4, 0.5) is 29.1 Å². The average Bonchev–Trinajstić information content (AvgIpc) is 3.16. The monoisotopic (exact) mass is 492 g/mol. The van der Waals surface area contributed by atoms with Crippen LogP contribution >= 0.6 is 11.8 Å². The van der Waals surface area contributed by atoms with Gasteiger partial charge in [-0.3, -0.25) is 0 Å². The van der Waals surface area contributed by atoms with E-state index in [2.05, 4.69) is 60.1 Å². The van der Waals surface area contributed by atoms with E-state index in [0.717, 1.165) is 24.5 Å². The summed E-state index contributed by atoms with van der Waals surface area (Å²) < 4.78 is 16.1. The van der Waals surface area contributed by atoms with Crippen LogP contribution in [-0.4, -0.2) is 55.9 Å². The van der Waals surface area contributed by atoms with E-state index in [-0.39, 0.29) is 5.56 Å². The summed E-state index contributed by atoms with van der Waals surface area (Å²) in [4.78, 5) is 16.9. The summed E-state index contributed by atoms with van der Waals surface area (Å²) in [6.07, 6.45) is 4.58. The molecule has 2 aliphatic rings. The second-order valence-electron chi connectivity index (χ2n) is 8.72. The first-order chi connectivity index (χ1) is 16.3. The number of nitrogens with zero attached hydrogens (tertiary/aromatic N) is 6. The van der Waals surface area contributed by atoms with Gasteiger partial charge in [0, 0.05) is 57.6 Å². The quantitative estimate of drug-likeness (QED) is 0.539. The lowest BCUT2D eigenvalue weighted by Crippen LogP contribution is -2.30. The molecule has 1 unspecified atom stereocenters. The molecule has 1 aromatic carbocycles. The number of pyridine rings is 1. The second-order valence-corrected chi connectivity index (χ2v) is 12.3. The predicted octanol–water partition coefficient (Wildman–Crippen LogP) is 4.22. The van der Waals surface area contributed by atoms with Crippen LogP contribution in [0.3, 0.4) is 0 Å². The molecule has 0 spiro atoms. The maximum Gasteiger partial charge on any atom is 0.229 e. The molecule has 0 bridgehead atoms. The van der Waals surface area contributed by atoms with Crippen LogP contribution in [0, 0.1) is 11.3 Å². The van der Waals surface area contributed by atoms with Gasteiger partial charge in [0.05, 0.1) is 6.20 Å². The molecule has 34 heavy (non-hydrogen) atoms. The molecule has 0 saturated carbocycles. The molecule has 0 saturated heterocycles. The molecular weight excluding hydrogens is 468 g/mol. The van der Waals surface area contributed by atoms with Gasteiger partial charge in [-0.1, -0.05) is 6.07 Å². The maximum atomic E-state index is 12.0. The van der Waals surface area contributed by atoms with Gasteiger partial charge >= 0.3 is 0 Å². The summed E-state index contributed by atoms with van der Waals surface area (Å²) in [6.45, 7) is 2.02. The predicted molar refractivity (Wildman–Crippen MR) is 136 cm³/mol. The zero-order valence-electron chi connectivity index (χ0n) is 19.1. The van der Waals surface area contributed by atoms with E-state index in [4.69, 9.17) is 0 Å². The summed E-state index contributed by atoms with van der Waals surface area (Å²) in [7, 11) is -0.186. The zero-order chi connectivity index (χ0) is 23.9. The topological polar surface area (TPSA) is 119 Å². The van der Waals surface area contributed by atoms with Crippen LogP contribution in [0.25, 0.3) is 0 Å². The van der Waals surface area contributed by atoms with Gasteiger partial charge in [-0.25, -0.2) is 14.2 Å². The number of rotatable bonds is 5. The molecular formula is C23H24N8OS2. The van der Waals surface area contributed by atoms with Crippen molar-refractivity contribution in [2.45, 2.75) is 17.4 Å². The lowest BCUT2D eigenvalue weighted by atomic mass is 9.91. The molecule has 2 N–H and O–H groups in total. The van der Waals surface area contributed by atoms with Gasteiger partial charge in [0.2, 0.25) is 5.95 Å². The Bertz CT molecular complexity index is 1430. The van der Waals surface area contributed by atoms with Crippen LogP contribution in [0.5, 0.6) is 0 Å². The minimum atomic E-state index is -2.34. The number of aromatic nitrogens is 3. The minimum Gasteiger partial charge on any atom is -0.324 e. The van der Waals surface area contributed by atoms with E-state index in [1.54, 1.807) is 30.7 Å². The van der Waals surface area contributed by atoms with Crippen molar-refractivity contribution in [2.75, 3.05) is 42.5 Å². The molecule has 9 nitrogen and oxygen atoms in total. The van der Waals surface area contributed by atoms with Gasteiger partial charge in [-0.2, -0.15) is 14.6 Å². The Morgan fingerprint density at radius 1 is 1.26 bits per heavy atom. The van der Waals surface area contributed by atoms with Gasteiger partial charge in [0.1, 0.15) is 17.5 Å². The molecule has 4 heterocycles. The number of hydrogen-bond donors (Lipinski definition) is 2. The molecule has 0 aliphatic carbocycles. The lowest BCUT2D eigenvalue weighted by Gasteiger charge is -2.29. The van der Waals surface area contributed by atoms with Gasteiger partial charge < -0.3 is 15.5 Å². The first-order valence-electron chi connectivity index (χ1n) is 10.7.